The van der Waals surface area contributed by atoms with Gasteiger partial charge in [0.05, 0.1) is 17.7 Å². The summed E-state index contributed by atoms with van der Waals surface area (Å²) in [6.07, 6.45) is 11.4. The summed E-state index contributed by atoms with van der Waals surface area (Å²) < 4.78 is 5.71. The minimum Gasteiger partial charge on any atom is -0.461 e. The lowest BCUT2D eigenvalue weighted by Gasteiger charge is -2.69. The van der Waals surface area contributed by atoms with E-state index in [4.69, 9.17) is 4.74 Å². The largest absolute Gasteiger partial charge is 0.461 e. The maximum atomic E-state index is 14.7. The van der Waals surface area contributed by atoms with Gasteiger partial charge in [0, 0.05) is 17.8 Å². The van der Waals surface area contributed by atoms with Crippen molar-refractivity contribution >= 4 is 11.8 Å². The van der Waals surface area contributed by atoms with E-state index in [1.807, 2.05) is 42.5 Å². The van der Waals surface area contributed by atoms with Gasteiger partial charge in [-0.15, -0.1) is 0 Å². The topological polar surface area (TPSA) is 87.4 Å². The lowest BCUT2D eigenvalue weighted by atomic mass is 9.34. The molecule has 3 saturated carbocycles. The highest BCUT2D eigenvalue weighted by Crippen LogP contribution is 2.75. The fraction of sp³-hybridized carbons (Fsp3) is 0.675. The molecule has 5 heteroatoms. The number of esters is 1. The van der Waals surface area contributed by atoms with Crippen molar-refractivity contribution in [2.24, 2.45) is 50.2 Å². The predicted molar refractivity (Wildman–Crippen MR) is 175 cm³/mol. The van der Waals surface area contributed by atoms with Gasteiger partial charge in [0.2, 0.25) is 0 Å². The van der Waals surface area contributed by atoms with Gasteiger partial charge in [-0.05, 0) is 102 Å². The maximum Gasteiger partial charge on any atom is 0.306 e. The maximum absolute atomic E-state index is 14.7. The van der Waals surface area contributed by atoms with Crippen molar-refractivity contribution in [1.82, 2.24) is 0 Å². The molecule has 0 amide bonds. The first-order valence-corrected chi connectivity index (χ1v) is 17.3. The summed E-state index contributed by atoms with van der Waals surface area (Å²) in [5, 5.41) is 21.2. The Hall–Kier alpha value is -2.71. The number of fused-ring (bicyclic) bond motifs is 7. The van der Waals surface area contributed by atoms with Crippen LogP contribution < -0.4 is 0 Å². The average molecular weight is 612 g/mol. The van der Waals surface area contributed by atoms with Gasteiger partial charge < -0.3 is 9.84 Å². The van der Waals surface area contributed by atoms with Gasteiger partial charge in [-0.25, -0.2) is 0 Å². The molecule has 5 aliphatic carbocycles. The van der Waals surface area contributed by atoms with E-state index in [0.29, 0.717) is 18.6 Å². The molecule has 45 heavy (non-hydrogen) atoms. The van der Waals surface area contributed by atoms with Crippen LogP contribution in [0.5, 0.6) is 0 Å². The molecule has 0 saturated heterocycles. The molecule has 0 bridgehead atoms. The second-order valence-electron chi connectivity index (χ2n) is 17.5. The number of hydrogen-bond donors (Lipinski definition) is 1. The third-order valence-electron chi connectivity index (χ3n) is 14.3. The molecule has 1 aromatic carbocycles. The van der Waals surface area contributed by atoms with Crippen LogP contribution in [0.25, 0.3) is 0 Å². The predicted octanol–water partition coefficient (Wildman–Crippen LogP) is 8.52. The quantitative estimate of drug-likeness (QED) is 0.337. The normalized spacial score (nSPS) is 41.2. The fourth-order valence-corrected chi connectivity index (χ4v) is 11.5. The molecule has 1 aromatic rings. The Kier molecular flexibility index (Phi) is 7.64. The number of rotatable bonds is 5. The molecule has 8 atom stereocenters. The van der Waals surface area contributed by atoms with Crippen LogP contribution in [0.2, 0.25) is 0 Å². The highest BCUT2D eigenvalue weighted by molar-refractivity contribution is 5.95. The minimum absolute atomic E-state index is 0.0469. The Morgan fingerprint density at radius 2 is 1.69 bits per heavy atom. The van der Waals surface area contributed by atoms with Crippen molar-refractivity contribution in [1.29, 1.82) is 5.26 Å². The van der Waals surface area contributed by atoms with Crippen molar-refractivity contribution in [2.75, 3.05) is 0 Å². The molecular formula is C40H53NO4. The van der Waals surface area contributed by atoms with Crippen molar-refractivity contribution in [3.05, 3.63) is 59.2 Å². The van der Waals surface area contributed by atoms with Crippen LogP contribution in [-0.4, -0.2) is 23.0 Å². The Labute approximate surface area is 270 Å². The number of aliphatic hydroxyl groups excluding tert-OH is 1. The number of nitriles is 1. The zero-order valence-electron chi connectivity index (χ0n) is 28.5. The number of hydrogen-bond acceptors (Lipinski definition) is 5. The number of aliphatic hydroxyl groups is 1. The average Bonchev–Trinajstić information content (AvgIpc) is 2.99. The van der Waals surface area contributed by atoms with Gasteiger partial charge in [-0.1, -0.05) is 90.4 Å². The van der Waals surface area contributed by atoms with Gasteiger partial charge in [0.15, 0.2) is 5.78 Å². The first kappa shape index (κ1) is 32.2. The third-order valence-corrected chi connectivity index (χ3v) is 14.3. The van der Waals surface area contributed by atoms with E-state index in [1.54, 1.807) is 0 Å². The standard InChI is InChI=1S/C40H53NO4/c1-35(2)17-19-40(16-14-32(43)45-25-26-11-9-8-10-12-26)20-18-39(7)33(28(40)23-35)29(42)21-31-37(5)22-27(24-41)34(44)36(3,4)30(37)13-15-38(31,39)6/h8-12,21-22,28,30,33-34,44H,13-20,23,25H2,1-7H3. The second-order valence-corrected chi connectivity index (χ2v) is 17.5. The van der Waals surface area contributed by atoms with E-state index in [0.717, 1.165) is 56.9 Å². The molecule has 0 aromatic heterocycles. The lowest BCUT2D eigenvalue weighted by Crippen LogP contribution is -2.65. The van der Waals surface area contributed by atoms with E-state index in [1.165, 1.54) is 5.57 Å². The first-order valence-electron chi connectivity index (χ1n) is 17.3. The number of carbonyl (C=O) groups excluding carboxylic acids is 2. The molecule has 1 N–H and O–H groups in total. The fourth-order valence-electron chi connectivity index (χ4n) is 11.5. The number of allylic oxidation sites excluding steroid dienone is 3. The van der Waals surface area contributed by atoms with Crippen molar-refractivity contribution < 1.29 is 19.4 Å². The second kappa shape index (κ2) is 10.7. The van der Waals surface area contributed by atoms with Gasteiger partial charge in [0.1, 0.15) is 6.61 Å². The molecule has 0 heterocycles. The summed E-state index contributed by atoms with van der Waals surface area (Å²) >= 11 is 0. The van der Waals surface area contributed by atoms with Crippen molar-refractivity contribution in [3.8, 4) is 6.07 Å². The highest BCUT2D eigenvalue weighted by atomic mass is 16.5. The van der Waals surface area contributed by atoms with E-state index in [2.05, 4.69) is 54.5 Å². The van der Waals surface area contributed by atoms with E-state index in [9.17, 15) is 20.0 Å². The number of carbonyl (C=O) groups is 2. The van der Waals surface area contributed by atoms with E-state index >= 15 is 0 Å². The molecule has 242 valence electrons. The van der Waals surface area contributed by atoms with Crippen LogP contribution in [0.1, 0.15) is 112 Å². The van der Waals surface area contributed by atoms with Crippen molar-refractivity contribution in [2.45, 2.75) is 119 Å². The van der Waals surface area contributed by atoms with Gasteiger partial charge >= 0.3 is 5.97 Å². The monoisotopic (exact) mass is 611 g/mol. The Bertz CT molecular complexity index is 1480. The van der Waals surface area contributed by atoms with Crippen LogP contribution in [0, 0.1) is 61.6 Å². The SMILES string of the molecule is CC1(C)CCC2(CCC(=O)OCc3ccccc3)CCC3(C)C(C(=O)C=C4C5(C)C=C(C#N)C(O)C(C)(C)C5CCC43C)C2C1. The summed E-state index contributed by atoms with van der Waals surface area (Å²) in [5.41, 5.74) is 1.34. The van der Waals surface area contributed by atoms with E-state index in [-0.39, 0.29) is 51.2 Å². The van der Waals surface area contributed by atoms with Crippen LogP contribution in [-0.2, 0) is 20.9 Å². The molecule has 0 spiro atoms. The number of nitrogens with zero attached hydrogens (tertiary/aromatic N) is 1. The van der Waals surface area contributed by atoms with Crippen molar-refractivity contribution in [3.63, 3.8) is 0 Å². The number of benzene rings is 1. The molecule has 0 radical (unpaired) electrons. The Morgan fingerprint density at radius 1 is 1.00 bits per heavy atom. The summed E-state index contributed by atoms with van der Waals surface area (Å²) in [7, 11) is 0. The number of ketones is 1. The molecule has 6 rings (SSSR count). The lowest BCUT2D eigenvalue weighted by molar-refractivity contribution is -0.175. The first-order chi connectivity index (χ1) is 21.0. The molecular weight excluding hydrogens is 558 g/mol. The third kappa shape index (κ3) is 4.80. The molecule has 0 aliphatic heterocycles. The molecule has 8 unspecified atom stereocenters. The summed E-state index contributed by atoms with van der Waals surface area (Å²) in [6.45, 7) is 16.2. The summed E-state index contributed by atoms with van der Waals surface area (Å²) in [4.78, 5) is 27.8. The van der Waals surface area contributed by atoms with Gasteiger partial charge in [0.25, 0.3) is 0 Å². The smallest absolute Gasteiger partial charge is 0.306 e. The number of ether oxygens (including phenoxy) is 1. The molecule has 5 aliphatic rings. The Morgan fingerprint density at radius 3 is 2.38 bits per heavy atom. The zero-order valence-corrected chi connectivity index (χ0v) is 28.5. The summed E-state index contributed by atoms with van der Waals surface area (Å²) in [5.74, 6) is 0.345. The Balaban J connectivity index is 1.34. The van der Waals surface area contributed by atoms with Gasteiger partial charge in [-0.2, -0.15) is 5.26 Å². The van der Waals surface area contributed by atoms with E-state index < -0.39 is 16.9 Å². The van der Waals surface area contributed by atoms with Gasteiger partial charge in [-0.3, -0.25) is 9.59 Å². The zero-order chi connectivity index (χ0) is 32.6. The minimum atomic E-state index is -0.799. The molecule has 3 fully saturated rings. The summed E-state index contributed by atoms with van der Waals surface area (Å²) in [6, 6.07) is 12.1. The van der Waals surface area contributed by atoms with Crippen LogP contribution in [0.15, 0.2) is 53.6 Å². The van der Waals surface area contributed by atoms with Crippen LogP contribution in [0.4, 0.5) is 0 Å². The highest BCUT2D eigenvalue weighted by Gasteiger charge is 2.69. The van der Waals surface area contributed by atoms with Crippen LogP contribution in [0.3, 0.4) is 0 Å². The van der Waals surface area contributed by atoms with Crippen LogP contribution >= 0.6 is 0 Å². The molecule has 5 nitrogen and oxygen atoms in total.